The summed E-state index contributed by atoms with van der Waals surface area (Å²) >= 11 is 0. The highest BCUT2D eigenvalue weighted by Gasteiger charge is 2.10. The number of carboxylic acids is 1. The highest BCUT2D eigenvalue weighted by Crippen LogP contribution is 1.87. The minimum Gasteiger partial charge on any atom is -0.477 e. The van der Waals surface area contributed by atoms with E-state index in [-0.39, 0.29) is 13.2 Å². The van der Waals surface area contributed by atoms with Crippen molar-refractivity contribution in [3.8, 4) is 0 Å². The molecule has 1 heterocycles. The maximum Gasteiger partial charge on any atom is 0.342 e. The van der Waals surface area contributed by atoms with Crippen LogP contribution in [0.25, 0.3) is 0 Å². The molecule has 14 heavy (non-hydrogen) atoms. The molecule has 0 aliphatic rings. The van der Waals surface area contributed by atoms with Crippen molar-refractivity contribution in [2.45, 2.75) is 6.54 Å². The fourth-order valence-corrected chi connectivity index (χ4v) is 0.936. The first-order valence-electron chi connectivity index (χ1n) is 3.74. The summed E-state index contributed by atoms with van der Waals surface area (Å²) in [5.41, 5.74) is -2.22. The van der Waals surface area contributed by atoms with Gasteiger partial charge < -0.3 is 10.2 Å². The lowest BCUT2D eigenvalue weighted by Gasteiger charge is -2.02. The normalized spacial score (nSPS) is 10.1. The van der Waals surface area contributed by atoms with E-state index in [1.165, 1.54) is 0 Å². The van der Waals surface area contributed by atoms with Crippen LogP contribution in [0.3, 0.4) is 0 Å². The number of hydrogen-bond donors (Lipinski definition) is 3. The van der Waals surface area contributed by atoms with Crippen molar-refractivity contribution >= 4 is 5.97 Å². The van der Waals surface area contributed by atoms with Gasteiger partial charge in [0.1, 0.15) is 5.56 Å². The third-order valence-corrected chi connectivity index (χ3v) is 1.58. The molecule has 1 aromatic rings. The van der Waals surface area contributed by atoms with E-state index >= 15 is 0 Å². The second-order valence-corrected chi connectivity index (χ2v) is 2.52. The van der Waals surface area contributed by atoms with Crippen molar-refractivity contribution in [1.29, 1.82) is 0 Å². The van der Waals surface area contributed by atoms with Gasteiger partial charge in [-0.05, 0) is 0 Å². The Kier molecular flexibility index (Phi) is 2.82. The quantitative estimate of drug-likeness (QED) is 0.534. The van der Waals surface area contributed by atoms with Gasteiger partial charge in [0.25, 0.3) is 5.56 Å². The van der Waals surface area contributed by atoms with Crippen LogP contribution in [-0.2, 0) is 6.54 Å². The van der Waals surface area contributed by atoms with Gasteiger partial charge in [-0.25, -0.2) is 9.59 Å². The molecule has 0 aliphatic heterocycles. The lowest BCUT2D eigenvalue weighted by Crippen LogP contribution is -2.33. The van der Waals surface area contributed by atoms with Gasteiger partial charge in [-0.2, -0.15) is 0 Å². The minimum atomic E-state index is -1.42. The number of nitrogens with zero attached hydrogens (tertiary/aromatic N) is 1. The minimum absolute atomic E-state index is 0.0596. The number of rotatable bonds is 3. The smallest absolute Gasteiger partial charge is 0.342 e. The van der Waals surface area contributed by atoms with Gasteiger partial charge in [0.05, 0.1) is 13.2 Å². The Balaban J connectivity index is 3.35. The second kappa shape index (κ2) is 3.88. The van der Waals surface area contributed by atoms with E-state index in [2.05, 4.69) is 0 Å². The Morgan fingerprint density at radius 3 is 2.64 bits per heavy atom. The molecule has 0 amide bonds. The molecule has 7 nitrogen and oxygen atoms in total. The number of carboxylic acid groups (broad SMARTS) is 1. The van der Waals surface area contributed by atoms with Crippen LogP contribution in [0.1, 0.15) is 10.4 Å². The maximum absolute atomic E-state index is 11.0. The van der Waals surface area contributed by atoms with Crippen molar-refractivity contribution in [3.63, 3.8) is 0 Å². The lowest BCUT2D eigenvalue weighted by atomic mass is 10.3. The molecule has 0 saturated carbocycles. The van der Waals surface area contributed by atoms with Crippen LogP contribution >= 0.6 is 0 Å². The van der Waals surface area contributed by atoms with Crippen LogP contribution in [0.15, 0.2) is 15.8 Å². The molecule has 0 aromatic carbocycles. The number of aliphatic hydroxyl groups excluding tert-OH is 1. The largest absolute Gasteiger partial charge is 0.477 e. The van der Waals surface area contributed by atoms with Crippen LogP contribution in [0.2, 0.25) is 0 Å². The molecule has 0 spiro atoms. The Morgan fingerprint density at radius 1 is 1.50 bits per heavy atom. The van der Waals surface area contributed by atoms with Crippen molar-refractivity contribution < 1.29 is 15.0 Å². The number of carbonyl (C=O) groups is 1. The first kappa shape index (κ1) is 10.2. The lowest BCUT2D eigenvalue weighted by molar-refractivity contribution is 0.0693. The Morgan fingerprint density at radius 2 is 2.14 bits per heavy atom. The van der Waals surface area contributed by atoms with Crippen molar-refractivity contribution in [1.82, 2.24) is 9.55 Å². The van der Waals surface area contributed by atoms with Gasteiger partial charge >= 0.3 is 11.7 Å². The molecular formula is C7H8N2O5. The molecule has 76 valence electrons. The Labute approximate surface area is 77.2 Å². The molecule has 0 saturated heterocycles. The number of aromatic amines is 1. The van der Waals surface area contributed by atoms with Crippen LogP contribution in [0.4, 0.5) is 0 Å². The molecule has 7 heteroatoms. The molecule has 1 aromatic heterocycles. The van der Waals surface area contributed by atoms with Gasteiger partial charge in [0.15, 0.2) is 0 Å². The fourth-order valence-electron chi connectivity index (χ4n) is 0.936. The van der Waals surface area contributed by atoms with E-state index in [0.29, 0.717) is 0 Å². The number of aliphatic hydroxyl groups is 1. The summed E-state index contributed by atoms with van der Waals surface area (Å²) in [5.74, 6) is -1.42. The van der Waals surface area contributed by atoms with Gasteiger partial charge in [0.2, 0.25) is 0 Å². The zero-order valence-electron chi connectivity index (χ0n) is 7.06. The molecule has 0 atom stereocenters. The molecule has 0 aliphatic carbocycles. The van der Waals surface area contributed by atoms with E-state index < -0.39 is 22.8 Å². The summed E-state index contributed by atoms with van der Waals surface area (Å²) in [6, 6.07) is 0. The number of H-pyrrole nitrogens is 1. The first-order valence-corrected chi connectivity index (χ1v) is 3.74. The van der Waals surface area contributed by atoms with Gasteiger partial charge in [-0.3, -0.25) is 14.3 Å². The topological polar surface area (TPSA) is 112 Å². The average molecular weight is 200 g/mol. The molecule has 0 unspecified atom stereocenters. The Hall–Kier alpha value is -1.89. The zero-order valence-corrected chi connectivity index (χ0v) is 7.06. The van der Waals surface area contributed by atoms with Gasteiger partial charge in [0, 0.05) is 6.20 Å². The molecular weight excluding hydrogens is 192 g/mol. The van der Waals surface area contributed by atoms with Gasteiger partial charge in [-0.1, -0.05) is 0 Å². The standard InChI is InChI=1S/C7H8N2O5/c10-2-1-9-3-4(6(12)13)5(11)8-7(9)14/h3,10H,1-2H2,(H,12,13)(H,8,11,14). The first-order chi connectivity index (χ1) is 6.56. The number of aromatic nitrogens is 2. The maximum atomic E-state index is 11.0. The second-order valence-electron chi connectivity index (χ2n) is 2.52. The number of hydrogen-bond acceptors (Lipinski definition) is 4. The van der Waals surface area contributed by atoms with E-state index in [0.717, 1.165) is 10.8 Å². The summed E-state index contributed by atoms with van der Waals surface area (Å²) in [4.78, 5) is 34.3. The SMILES string of the molecule is O=C(O)c1cn(CCO)c(=O)[nH]c1=O. The van der Waals surface area contributed by atoms with Gasteiger partial charge in [-0.15, -0.1) is 0 Å². The average Bonchev–Trinajstić information content (AvgIpc) is 2.09. The van der Waals surface area contributed by atoms with Crippen LogP contribution in [0, 0.1) is 0 Å². The highest BCUT2D eigenvalue weighted by molar-refractivity contribution is 5.86. The van der Waals surface area contributed by atoms with Crippen molar-refractivity contribution in [3.05, 3.63) is 32.6 Å². The third kappa shape index (κ3) is 1.88. The predicted molar refractivity (Wildman–Crippen MR) is 45.4 cm³/mol. The summed E-state index contributed by atoms with van der Waals surface area (Å²) in [7, 11) is 0. The third-order valence-electron chi connectivity index (χ3n) is 1.58. The van der Waals surface area contributed by atoms with Crippen molar-refractivity contribution in [2.75, 3.05) is 6.61 Å². The van der Waals surface area contributed by atoms with Crippen molar-refractivity contribution in [2.24, 2.45) is 0 Å². The van der Waals surface area contributed by atoms with E-state index in [1.54, 1.807) is 0 Å². The van der Waals surface area contributed by atoms with Crippen LogP contribution < -0.4 is 11.2 Å². The number of aromatic carboxylic acids is 1. The molecule has 3 N–H and O–H groups in total. The fraction of sp³-hybridized carbons (Fsp3) is 0.286. The molecule has 1 rings (SSSR count). The zero-order chi connectivity index (χ0) is 10.7. The van der Waals surface area contributed by atoms with E-state index in [4.69, 9.17) is 10.2 Å². The summed E-state index contributed by atoms with van der Waals surface area (Å²) in [6.07, 6.45) is 0.902. The van der Waals surface area contributed by atoms with Crippen LogP contribution in [-0.4, -0.2) is 32.3 Å². The molecule has 0 fully saturated rings. The highest BCUT2D eigenvalue weighted by atomic mass is 16.4. The Bertz CT molecular complexity index is 458. The summed E-state index contributed by atoms with van der Waals surface area (Å²) < 4.78 is 0.921. The summed E-state index contributed by atoms with van der Waals surface area (Å²) in [6.45, 7) is -0.374. The van der Waals surface area contributed by atoms with E-state index in [1.807, 2.05) is 4.98 Å². The summed E-state index contributed by atoms with van der Waals surface area (Å²) in [5, 5.41) is 17.1. The predicted octanol–water partition coefficient (Wildman–Crippen LogP) is -1.77. The molecule has 0 bridgehead atoms. The number of nitrogens with one attached hydrogen (secondary N) is 1. The monoisotopic (exact) mass is 200 g/mol. The van der Waals surface area contributed by atoms with E-state index in [9.17, 15) is 14.4 Å². The van der Waals surface area contributed by atoms with Crippen LogP contribution in [0.5, 0.6) is 0 Å². The molecule has 0 radical (unpaired) electrons.